The first kappa shape index (κ1) is 15.3. The van der Waals surface area contributed by atoms with Crippen LogP contribution in [0.3, 0.4) is 0 Å². The van der Waals surface area contributed by atoms with E-state index in [4.69, 9.17) is 0 Å². The number of rotatable bonds is 6. The summed E-state index contributed by atoms with van der Waals surface area (Å²) in [6, 6.07) is 0. The summed E-state index contributed by atoms with van der Waals surface area (Å²) in [5, 5.41) is 10.4. The predicted octanol–water partition coefficient (Wildman–Crippen LogP) is 0.556. The van der Waals surface area contributed by atoms with Crippen LogP contribution in [0.4, 0.5) is 0 Å². The Balaban J connectivity index is 2.38. The molecule has 0 radical (unpaired) electrons. The molecule has 1 N–H and O–H groups in total. The number of nitrogens with zero attached hydrogens (tertiary/aromatic N) is 3. The fourth-order valence-corrected chi connectivity index (χ4v) is 3.33. The molecule has 0 atom stereocenters. The first-order valence-electron chi connectivity index (χ1n) is 5.01. The van der Waals surface area contributed by atoms with Gasteiger partial charge in [0.15, 0.2) is 8.68 Å². The normalized spacial score (nSPS) is 10.2. The second-order valence-corrected chi connectivity index (χ2v) is 6.50. The highest BCUT2D eigenvalue weighted by Gasteiger charge is 2.13. The second-order valence-electron chi connectivity index (χ2n) is 3.25. The molecule has 0 spiro atoms. The van der Waals surface area contributed by atoms with Crippen LogP contribution in [0.1, 0.15) is 0 Å². The van der Waals surface area contributed by atoms with Crippen LogP contribution < -0.4 is 5.32 Å². The molecular weight excluding hydrogens is 292 g/mol. The Morgan fingerprint density at radius 2 is 2.06 bits per heavy atom. The highest BCUT2D eigenvalue weighted by Crippen LogP contribution is 2.27. The maximum atomic E-state index is 11.7. The molecule has 1 aromatic rings. The molecule has 1 aromatic heterocycles. The lowest BCUT2D eigenvalue weighted by molar-refractivity contribution is -0.132. The summed E-state index contributed by atoms with van der Waals surface area (Å²) < 4.78 is 1.64. The van der Waals surface area contributed by atoms with Gasteiger partial charge < -0.3 is 10.2 Å². The molecular formula is C9H14N4O2S3. The van der Waals surface area contributed by atoms with Gasteiger partial charge in [-0.25, -0.2) is 0 Å². The zero-order chi connectivity index (χ0) is 13.5. The van der Waals surface area contributed by atoms with E-state index in [2.05, 4.69) is 15.5 Å². The van der Waals surface area contributed by atoms with Gasteiger partial charge in [0.25, 0.3) is 0 Å². The third-order valence-electron chi connectivity index (χ3n) is 1.97. The summed E-state index contributed by atoms with van der Waals surface area (Å²) in [5.41, 5.74) is 0. The third kappa shape index (κ3) is 4.83. The molecule has 0 aliphatic rings. The van der Waals surface area contributed by atoms with Gasteiger partial charge in [-0.1, -0.05) is 34.9 Å². The van der Waals surface area contributed by atoms with Gasteiger partial charge in [-0.15, -0.1) is 10.2 Å². The molecule has 9 heteroatoms. The third-order valence-corrected chi connectivity index (χ3v) is 4.98. The van der Waals surface area contributed by atoms with Gasteiger partial charge in [-0.05, 0) is 6.26 Å². The minimum Gasteiger partial charge on any atom is -0.358 e. The van der Waals surface area contributed by atoms with Crippen LogP contribution in [-0.2, 0) is 9.59 Å². The Morgan fingerprint density at radius 3 is 2.61 bits per heavy atom. The lowest BCUT2D eigenvalue weighted by atomic mass is 10.5. The standard InChI is InChI=1S/C9H14N4O2S3/c1-10-6(14)4-13(2)7(15)5-17-9-12-11-8(16-3)18-9/h4-5H2,1-3H3,(H,10,14). The molecule has 0 fully saturated rings. The van der Waals surface area contributed by atoms with Gasteiger partial charge in [0, 0.05) is 14.1 Å². The van der Waals surface area contributed by atoms with Crippen molar-refractivity contribution < 1.29 is 9.59 Å². The van der Waals surface area contributed by atoms with E-state index in [1.54, 1.807) is 14.1 Å². The van der Waals surface area contributed by atoms with Crippen LogP contribution in [0.2, 0.25) is 0 Å². The Hall–Kier alpha value is -0.800. The van der Waals surface area contributed by atoms with E-state index in [1.807, 2.05) is 6.26 Å². The number of carbonyl (C=O) groups excluding carboxylic acids is 2. The van der Waals surface area contributed by atoms with Crippen molar-refractivity contribution in [3.05, 3.63) is 0 Å². The summed E-state index contributed by atoms with van der Waals surface area (Å²) in [4.78, 5) is 24.2. The first-order chi connectivity index (χ1) is 8.56. The molecule has 2 amide bonds. The minimum atomic E-state index is -0.184. The number of likely N-dealkylation sites (N-methyl/N-ethyl adjacent to an activating group) is 2. The fourth-order valence-electron chi connectivity index (χ4n) is 0.954. The summed E-state index contributed by atoms with van der Waals surface area (Å²) in [5.74, 6) is -0.0304. The van der Waals surface area contributed by atoms with Gasteiger partial charge in [-0.3, -0.25) is 9.59 Å². The molecule has 0 aliphatic heterocycles. The lowest BCUT2D eigenvalue weighted by Crippen LogP contribution is -2.37. The number of nitrogens with one attached hydrogen (secondary N) is 1. The zero-order valence-electron chi connectivity index (χ0n) is 10.3. The van der Waals surface area contributed by atoms with Gasteiger partial charge >= 0.3 is 0 Å². The van der Waals surface area contributed by atoms with Gasteiger partial charge in [0.1, 0.15) is 0 Å². The summed E-state index contributed by atoms with van der Waals surface area (Å²) >= 11 is 4.32. The van der Waals surface area contributed by atoms with Crippen molar-refractivity contribution in [3.63, 3.8) is 0 Å². The summed E-state index contributed by atoms with van der Waals surface area (Å²) in [7, 11) is 3.14. The quantitative estimate of drug-likeness (QED) is 0.774. The van der Waals surface area contributed by atoms with Crippen molar-refractivity contribution >= 4 is 46.7 Å². The van der Waals surface area contributed by atoms with E-state index in [1.165, 1.54) is 39.8 Å². The molecule has 1 heterocycles. The van der Waals surface area contributed by atoms with Gasteiger partial charge in [0.05, 0.1) is 12.3 Å². The molecule has 0 unspecified atom stereocenters. The molecule has 1 rings (SSSR count). The number of hydrogen-bond donors (Lipinski definition) is 1. The smallest absolute Gasteiger partial charge is 0.239 e. The van der Waals surface area contributed by atoms with Crippen molar-refractivity contribution in [2.45, 2.75) is 8.68 Å². The Bertz CT molecular complexity index is 424. The number of hydrogen-bond acceptors (Lipinski definition) is 7. The topological polar surface area (TPSA) is 75.2 Å². The average molecular weight is 306 g/mol. The highest BCUT2D eigenvalue weighted by molar-refractivity contribution is 8.03. The van der Waals surface area contributed by atoms with Gasteiger partial charge in [0.2, 0.25) is 11.8 Å². The van der Waals surface area contributed by atoms with E-state index in [0.717, 1.165) is 8.68 Å². The van der Waals surface area contributed by atoms with Crippen molar-refractivity contribution in [3.8, 4) is 0 Å². The molecule has 0 saturated heterocycles. The molecule has 6 nitrogen and oxygen atoms in total. The molecule has 0 bridgehead atoms. The molecule has 18 heavy (non-hydrogen) atoms. The molecule has 0 aliphatic carbocycles. The number of aromatic nitrogens is 2. The SMILES string of the molecule is CNC(=O)CN(C)C(=O)CSc1nnc(SC)s1. The summed E-state index contributed by atoms with van der Waals surface area (Å²) in [6.45, 7) is 0.0715. The molecule has 0 saturated carbocycles. The molecule has 100 valence electrons. The van der Waals surface area contributed by atoms with Crippen LogP contribution in [0.15, 0.2) is 8.68 Å². The fraction of sp³-hybridized carbons (Fsp3) is 0.556. The Kier molecular flexibility index (Phi) is 6.44. The first-order valence-corrected chi connectivity index (χ1v) is 8.04. The maximum Gasteiger partial charge on any atom is 0.239 e. The second kappa shape index (κ2) is 7.59. The Labute approximate surface area is 118 Å². The number of carbonyl (C=O) groups is 2. The van der Waals surface area contributed by atoms with Crippen molar-refractivity contribution in [1.29, 1.82) is 0 Å². The van der Waals surface area contributed by atoms with E-state index in [-0.39, 0.29) is 24.1 Å². The van der Waals surface area contributed by atoms with Crippen LogP contribution in [0.25, 0.3) is 0 Å². The van der Waals surface area contributed by atoms with Crippen LogP contribution in [0, 0.1) is 0 Å². The molecule has 0 aromatic carbocycles. The highest BCUT2D eigenvalue weighted by atomic mass is 32.2. The van der Waals surface area contributed by atoms with Crippen LogP contribution in [-0.4, -0.2) is 59.6 Å². The van der Waals surface area contributed by atoms with Crippen LogP contribution >= 0.6 is 34.9 Å². The van der Waals surface area contributed by atoms with Gasteiger partial charge in [-0.2, -0.15) is 0 Å². The monoisotopic (exact) mass is 306 g/mol. The number of amides is 2. The van der Waals surface area contributed by atoms with Crippen LogP contribution in [0.5, 0.6) is 0 Å². The minimum absolute atomic E-state index is 0.0715. The lowest BCUT2D eigenvalue weighted by Gasteiger charge is -2.15. The largest absolute Gasteiger partial charge is 0.358 e. The number of thioether (sulfide) groups is 2. The van der Waals surface area contributed by atoms with Crippen molar-refractivity contribution in [2.75, 3.05) is 32.6 Å². The van der Waals surface area contributed by atoms with Crippen molar-refractivity contribution in [2.24, 2.45) is 0 Å². The van der Waals surface area contributed by atoms with E-state index < -0.39 is 0 Å². The summed E-state index contributed by atoms with van der Waals surface area (Å²) in [6.07, 6.45) is 1.93. The Morgan fingerprint density at radius 1 is 1.39 bits per heavy atom. The van der Waals surface area contributed by atoms with E-state index in [0.29, 0.717) is 0 Å². The average Bonchev–Trinajstić information content (AvgIpc) is 2.83. The predicted molar refractivity (Wildman–Crippen MR) is 74.1 cm³/mol. The van der Waals surface area contributed by atoms with Crippen molar-refractivity contribution in [1.82, 2.24) is 20.4 Å². The van der Waals surface area contributed by atoms with E-state index >= 15 is 0 Å². The van der Waals surface area contributed by atoms with E-state index in [9.17, 15) is 9.59 Å². The zero-order valence-corrected chi connectivity index (χ0v) is 12.7. The maximum absolute atomic E-state index is 11.7.